The SMILES string of the molecule is CC1CCNCC1OCc1ccccc1. The zero-order chi connectivity index (χ0) is 10.5. The highest BCUT2D eigenvalue weighted by atomic mass is 16.5. The van der Waals surface area contributed by atoms with Crippen LogP contribution in [0, 0.1) is 5.92 Å². The molecule has 2 unspecified atom stereocenters. The fraction of sp³-hybridized carbons (Fsp3) is 0.538. The average molecular weight is 205 g/mol. The molecule has 1 saturated heterocycles. The van der Waals surface area contributed by atoms with Gasteiger partial charge in [0.25, 0.3) is 0 Å². The molecule has 0 aliphatic carbocycles. The first-order valence-electron chi connectivity index (χ1n) is 5.72. The van der Waals surface area contributed by atoms with Gasteiger partial charge in [-0.1, -0.05) is 37.3 Å². The van der Waals surface area contributed by atoms with Crippen molar-refractivity contribution in [1.29, 1.82) is 0 Å². The van der Waals surface area contributed by atoms with Crippen molar-refractivity contribution in [3.63, 3.8) is 0 Å². The van der Waals surface area contributed by atoms with Gasteiger partial charge >= 0.3 is 0 Å². The molecule has 0 radical (unpaired) electrons. The van der Waals surface area contributed by atoms with Gasteiger partial charge in [0.15, 0.2) is 0 Å². The van der Waals surface area contributed by atoms with E-state index in [0.717, 1.165) is 19.7 Å². The zero-order valence-electron chi connectivity index (χ0n) is 9.28. The molecular formula is C13H19NO. The Morgan fingerprint density at radius 3 is 2.87 bits per heavy atom. The van der Waals surface area contributed by atoms with Crippen molar-refractivity contribution in [2.45, 2.75) is 26.1 Å². The van der Waals surface area contributed by atoms with E-state index in [9.17, 15) is 0 Å². The third-order valence-corrected chi connectivity index (χ3v) is 3.06. The van der Waals surface area contributed by atoms with Crippen molar-refractivity contribution < 1.29 is 4.74 Å². The van der Waals surface area contributed by atoms with Gasteiger partial charge in [-0.2, -0.15) is 0 Å². The average Bonchev–Trinajstić information content (AvgIpc) is 2.29. The maximum absolute atomic E-state index is 5.92. The zero-order valence-corrected chi connectivity index (χ0v) is 9.28. The summed E-state index contributed by atoms with van der Waals surface area (Å²) in [6.07, 6.45) is 1.60. The molecule has 1 aromatic rings. The van der Waals surface area contributed by atoms with Crippen molar-refractivity contribution in [3.05, 3.63) is 35.9 Å². The molecule has 1 aliphatic rings. The van der Waals surface area contributed by atoms with Crippen LogP contribution in [-0.2, 0) is 11.3 Å². The maximum atomic E-state index is 5.92. The Balaban J connectivity index is 1.82. The molecule has 0 amide bonds. The van der Waals surface area contributed by atoms with Crippen LogP contribution in [0.3, 0.4) is 0 Å². The number of rotatable bonds is 3. The Morgan fingerprint density at radius 2 is 2.13 bits per heavy atom. The molecule has 1 aliphatic heterocycles. The van der Waals surface area contributed by atoms with Crippen LogP contribution in [0.5, 0.6) is 0 Å². The van der Waals surface area contributed by atoms with E-state index in [1.807, 2.05) is 6.07 Å². The molecule has 1 aromatic carbocycles. The Morgan fingerprint density at radius 1 is 1.33 bits per heavy atom. The summed E-state index contributed by atoms with van der Waals surface area (Å²) in [5, 5.41) is 3.38. The first kappa shape index (κ1) is 10.7. The number of benzene rings is 1. The van der Waals surface area contributed by atoms with Gasteiger partial charge in [0.1, 0.15) is 0 Å². The summed E-state index contributed by atoms with van der Waals surface area (Å²) in [7, 11) is 0. The van der Waals surface area contributed by atoms with E-state index in [-0.39, 0.29) is 0 Å². The van der Waals surface area contributed by atoms with Crippen LogP contribution in [-0.4, -0.2) is 19.2 Å². The van der Waals surface area contributed by atoms with Gasteiger partial charge in [0.2, 0.25) is 0 Å². The van der Waals surface area contributed by atoms with Gasteiger partial charge in [0, 0.05) is 6.54 Å². The molecule has 0 aromatic heterocycles. The molecule has 2 rings (SSSR count). The van der Waals surface area contributed by atoms with E-state index < -0.39 is 0 Å². The highest BCUT2D eigenvalue weighted by molar-refractivity contribution is 5.13. The lowest BCUT2D eigenvalue weighted by Crippen LogP contribution is -2.40. The van der Waals surface area contributed by atoms with E-state index in [4.69, 9.17) is 4.74 Å². The minimum Gasteiger partial charge on any atom is -0.372 e. The van der Waals surface area contributed by atoms with Gasteiger partial charge in [-0.15, -0.1) is 0 Å². The third kappa shape index (κ3) is 3.05. The highest BCUT2D eigenvalue weighted by Crippen LogP contribution is 2.16. The van der Waals surface area contributed by atoms with Crippen molar-refractivity contribution in [3.8, 4) is 0 Å². The maximum Gasteiger partial charge on any atom is 0.0729 e. The fourth-order valence-electron chi connectivity index (χ4n) is 1.96. The largest absolute Gasteiger partial charge is 0.372 e. The summed E-state index contributed by atoms with van der Waals surface area (Å²) in [4.78, 5) is 0. The fourth-order valence-corrected chi connectivity index (χ4v) is 1.96. The van der Waals surface area contributed by atoms with Gasteiger partial charge in [0.05, 0.1) is 12.7 Å². The molecule has 15 heavy (non-hydrogen) atoms. The molecular weight excluding hydrogens is 186 g/mol. The number of nitrogens with one attached hydrogen (secondary N) is 1. The predicted octanol–water partition coefficient (Wildman–Crippen LogP) is 2.20. The summed E-state index contributed by atoms with van der Waals surface area (Å²) >= 11 is 0. The van der Waals surface area contributed by atoms with Crippen molar-refractivity contribution in [2.24, 2.45) is 5.92 Å². The molecule has 2 heteroatoms. The van der Waals surface area contributed by atoms with E-state index >= 15 is 0 Å². The van der Waals surface area contributed by atoms with Crippen LogP contribution >= 0.6 is 0 Å². The molecule has 2 atom stereocenters. The van der Waals surface area contributed by atoms with Crippen LogP contribution < -0.4 is 5.32 Å². The Kier molecular flexibility index (Phi) is 3.75. The first-order valence-corrected chi connectivity index (χ1v) is 5.72. The van der Waals surface area contributed by atoms with E-state index in [1.54, 1.807) is 0 Å². The summed E-state index contributed by atoms with van der Waals surface area (Å²) in [5.41, 5.74) is 1.26. The molecule has 1 N–H and O–H groups in total. The minimum atomic E-state index is 0.374. The number of hydrogen-bond acceptors (Lipinski definition) is 2. The molecule has 0 spiro atoms. The molecule has 0 saturated carbocycles. The van der Waals surface area contributed by atoms with Crippen molar-refractivity contribution in [2.75, 3.05) is 13.1 Å². The quantitative estimate of drug-likeness (QED) is 0.817. The monoisotopic (exact) mass is 205 g/mol. The van der Waals surface area contributed by atoms with Crippen LogP contribution in [0.2, 0.25) is 0 Å². The summed E-state index contributed by atoms with van der Waals surface area (Å²) < 4.78 is 5.92. The van der Waals surface area contributed by atoms with Crippen LogP contribution in [0.25, 0.3) is 0 Å². The van der Waals surface area contributed by atoms with E-state index in [2.05, 4.69) is 36.5 Å². The van der Waals surface area contributed by atoms with Crippen LogP contribution in [0.15, 0.2) is 30.3 Å². The van der Waals surface area contributed by atoms with Gasteiger partial charge in [-0.25, -0.2) is 0 Å². The van der Waals surface area contributed by atoms with Gasteiger partial charge in [-0.05, 0) is 24.4 Å². The Bertz CT molecular complexity index is 286. The summed E-state index contributed by atoms with van der Waals surface area (Å²) in [5.74, 6) is 0.676. The topological polar surface area (TPSA) is 21.3 Å². The van der Waals surface area contributed by atoms with Gasteiger partial charge < -0.3 is 10.1 Å². The number of hydrogen-bond donors (Lipinski definition) is 1. The number of piperidine rings is 1. The Labute approximate surface area is 91.6 Å². The second-order valence-electron chi connectivity index (χ2n) is 4.31. The Hall–Kier alpha value is -0.860. The lowest BCUT2D eigenvalue weighted by atomic mass is 9.97. The second kappa shape index (κ2) is 5.29. The standard InChI is InChI=1S/C13H19NO/c1-11-7-8-14-9-13(11)15-10-12-5-3-2-4-6-12/h2-6,11,13-14H,7-10H2,1H3. The molecule has 1 heterocycles. The second-order valence-corrected chi connectivity index (χ2v) is 4.31. The van der Waals surface area contributed by atoms with Gasteiger partial charge in [-0.3, -0.25) is 0 Å². The molecule has 1 fully saturated rings. The van der Waals surface area contributed by atoms with E-state index in [1.165, 1.54) is 12.0 Å². The summed E-state index contributed by atoms with van der Waals surface area (Å²) in [6.45, 7) is 5.13. The first-order chi connectivity index (χ1) is 7.36. The van der Waals surface area contributed by atoms with Crippen LogP contribution in [0.4, 0.5) is 0 Å². The molecule has 0 bridgehead atoms. The smallest absolute Gasteiger partial charge is 0.0729 e. The third-order valence-electron chi connectivity index (χ3n) is 3.06. The van der Waals surface area contributed by atoms with E-state index in [0.29, 0.717) is 12.0 Å². The predicted molar refractivity (Wildman–Crippen MR) is 61.7 cm³/mol. The lowest BCUT2D eigenvalue weighted by Gasteiger charge is -2.29. The minimum absolute atomic E-state index is 0.374. The molecule has 2 nitrogen and oxygen atoms in total. The lowest BCUT2D eigenvalue weighted by molar-refractivity contribution is -0.00657. The van der Waals surface area contributed by atoms with Crippen molar-refractivity contribution >= 4 is 0 Å². The highest BCUT2D eigenvalue weighted by Gasteiger charge is 2.21. The number of ether oxygens (including phenoxy) is 1. The molecule has 82 valence electrons. The van der Waals surface area contributed by atoms with Crippen molar-refractivity contribution in [1.82, 2.24) is 5.32 Å². The normalized spacial score (nSPS) is 26.5. The summed E-state index contributed by atoms with van der Waals surface area (Å²) in [6, 6.07) is 10.4. The van der Waals surface area contributed by atoms with Crippen LogP contribution in [0.1, 0.15) is 18.9 Å².